The molecule has 1 aromatic carbocycles. The van der Waals surface area contributed by atoms with Crippen molar-refractivity contribution in [2.75, 3.05) is 12.4 Å². The lowest BCUT2D eigenvalue weighted by atomic mass is 10.2. The summed E-state index contributed by atoms with van der Waals surface area (Å²) in [5.74, 6) is 5.10. The first-order valence-corrected chi connectivity index (χ1v) is 12.7. The lowest BCUT2D eigenvalue weighted by molar-refractivity contribution is -0.109. The highest BCUT2D eigenvalue weighted by Crippen LogP contribution is 2.13. The SMILES string of the molecule is CC(=O)SCCCCCCOc1ccc(C#C[Si](C)(C)C)cc1. The Kier molecular flexibility index (Phi) is 9.12. The molecule has 1 aromatic rings. The minimum atomic E-state index is -1.31. The van der Waals surface area contributed by atoms with E-state index < -0.39 is 8.07 Å². The highest BCUT2D eigenvalue weighted by atomic mass is 32.2. The molecule has 0 unspecified atom stereocenters. The van der Waals surface area contributed by atoms with Gasteiger partial charge < -0.3 is 4.74 Å². The quantitative estimate of drug-likeness (QED) is 0.370. The summed E-state index contributed by atoms with van der Waals surface area (Å²) in [6.45, 7) is 9.11. The first kappa shape index (κ1) is 19.9. The Morgan fingerprint density at radius 1 is 1.09 bits per heavy atom. The molecule has 0 atom stereocenters. The summed E-state index contributed by atoms with van der Waals surface area (Å²) in [7, 11) is -1.31. The number of thioether (sulfide) groups is 1. The largest absolute Gasteiger partial charge is 0.494 e. The van der Waals surface area contributed by atoms with Gasteiger partial charge in [0.05, 0.1) is 6.61 Å². The summed E-state index contributed by atoms with van der Waals surface area (Å²) in [5, 5.41) is 0.214. The zero-order valence-electron chi connectivity index (χ0n) is 14.8. The van der Waals surface area contributed by atoms with Gasteiger partial charge in [0.1, 0.15) is 13.8 Å². The van der Waals surface area contributed by atoms with Gasteiger partial charge in [-0.15, -0.1) is 5.54 Å². The predicted octanol–water partition coefficient (Wildman–Crippen LogP) is 5.13. The van der Waals surface area contributed by atoms with Crippen molar-refractivity contribution in [2.45, 2.75) is 52.2 Å². The lowest BCUT2D eigenvalue weighted by Crippen LogP contribution is -2.16. The molecule has 0 heterocycles. The van der Waals surface area contributed by atoms with E-state index >= 15 is 0 Å². The number of ether oxygens (including phenoxy) is 1. The first-order valence-electron chi connectivity index (χ1n) is 8.26. The Hall–Kier alpha value is -1.18. The maximum atomic E-state index is 10.8. The molecule has 0 radical (unpaired) electrons. The van der Waals surface area contributed by atoms with Crippen molar-refractivity contribution in [2.24, 2.45) is 0 Å². The van der Waals surface area contributed by atoms with Crippen LogP contribution < -0.4 is 4.74 Å². The zero-order chi connectivity index (χ0) is 17.1. The monoisotopic (exact) mass is 348 g/mol. The van der Waals surface area contributed by atoms with Crippen LogP contribution in [0.5, 0.6) is 5.75 Å². The molecule has 0 bridgehead atoms. The van der Waals surface area contributed by atoms with Crippen LogP contribution in [0.15, 0.2) is 24.3 Å². The minimum absolute atomic E-state index is 0.214. The van der Waals surface area contributed by atoms with Gasteiger partial charge in [-0.1, -0.05) is 50.2 Å². The molecule has 4 heteroatoms. The molecular formula is C19H28O2SSi. The number of carbonyl (C=O) groups excluding carboxylic acids is 1. The van der Waals surface area contributed by atoms with E-state index in [0.717, 1.165) is 49.4 Å². The minimum Gasteiger partial charge on any atom is -0.494 e. The zero-order valence-corrected chi connectivity index (χ0v) is 16.6. The number of hydrogen-bond acceptors (Lipinski definition) is 3. The second-order valence-corrected chi connectivity index (χ2v) is 12.6. The Morgan fingerprint density at radius 3 is 2.35 bits per heavy atom. The Labute approximate surface area is 146 Å². The molecule has 0 aliphatic rings. The van der Waals surface area contributed by atoms with Crippen molar-refractivity contribution in [3.63, 3.8) is 0 Å². The fraction of sp³-hybridized carbons (Fsp3) is 0.526. The average Bonchev–Trinajstić information content (AvgIpc) is 2.48. The van der Waals surface area contributed by atoms with Crippen LogP contribution in [0.4, 0.5) is 0 Å². The van der Waals surface area contributed by atoms with Gasteiger partial charge in [0.2, 0.25) is 0 Å². The average molecular weight is 349 g/mol. The number of hydrogen-bond donors (Lipinski definition) is 0. The predicted molar refractivity (Wildman–Crippen MR) is 104 cm³/mol. The molecule has 0 aliphatic carbocycles. The Morgan fingerprint density at radius 2 is 1.74 bits per heavy atom. The third-order valence-corrected chi connectivity index (χ3v) is 4.82. The summed E-state index contributed by atoms with van der Waals surface area (Å²) in [6, 6.07) is 8.05. The molecule has 2 nitrogen and oxygen atoms in total. The van der Waals surface area contributed by atoms with Gasteiger partial charge in [-0.05, 0) is 37.1 Å². The molecule has 23 heavy (non-hydrogen) atoms. The van der Waals surface area contributed by atoms with Crippen molar-refractivity contribution in [1.29, 1.82) is 0 Å². The molecule has 0 amide bonds. The summed E-state index contributed by atoms with van der Waals surface area (Å²) >= 11 is 1.42. The number of unbranched alkanes of at least 4 members (excludes halogenated alkanes) is 3. The fourth-order valence-electron chi connectivity index (χ4n) is 1.86. The summed E-state index contributed by atoms with van der Waals surface area (Å²) in [6.07, 6.45) is 4.48. The van der Waals surface area contributed by atoms with E-state index in [1.807, 2.05) is 24.3 Å². The molecule has 0 aromatic heterocycles. The molecule has 1 rings (SSSR count). The molecule has 0 aliphatic heterocycles. The van der Waals surface area contributed by atoms with Crippen LogP contribution in [-0.2, 0) is 4.79 Å². The maximum absolute atomic E-state index is 10.8. The van der Waals surface area contributed by atoms with Gasteiger partial charge in [-0.2, -0.15) is 0 Å². The molecule has 0 fully saturated rings. The Balaban J connectivity index is 2.18. The molecule has 0 saturated heterocycles. The molecular weight excluding hydrogens is 320 g/mol. The van der Waals surface area contributed by atoms with Gasteiger partial charge in [0.25, 0.3) is 0 Å². The van der Waals surface area contributed by atoms with E-state index in [0.29, 0.717) is 0 Å². The molecule has 0 spiro atoms. The van der Waals surface area contributed by atoms with Crippen molar-refractivity contribution in [3.05, 3.63) is 29.8 Å². The van der Waals surface area contributed by atoms with Crippen molar-refractivity contribution >= 4 is 25.0 Å². The van der Waals surface area contributed by atoms with Crippen LogP contribution in [0, 0.1) is 11.5 Å². The van der Waals surface area contributed by atoms with Crippen LogP contribution >= 0.6 is 11.8 Å². The summed E-state index contributed by atoms with van der Waals surface area (Å²) in [4.78, 5) is 10.8. The van der Waals surface area contributed by atoms with Gasteiger partial charge in [-0.3, -0.25) is 4.79 Å². The van der Waals surface area contributed by atoms with E-state index in [4.69, 9.17) is 4.74 Å². The summed E-state index contributed by atoms with van der Waals surface area (Å²) in [5.41, 5.74) is 4.42. The van der Waals surface area contributed by atoms with Crippen LogP contribution in [0.25, 0.3) is 0 Å². The Bertz CT molecular complexity index is 535. The molecule has 0 saturated carbocycles. The van der Waals surface area contributed by atoms with Crippen LogP contribution in [0.3, 0.4) is 0 Å². The third kappa shape index (κ3) is 11.1. The number of rotatable bonds is 8. The highest BCUT2D eigenvalue weighted by Gasteiger charge is 2.07. The van der Waals surface area contributed by atoms with Gasteiger partial charge in [0, 0.05) is 18.2 Å². The van der Waals surface area contributed by atoms with Crippen molar-refractivity contribution in [3.8, 4) is 17.2 Å². The lowest BCUT2D eigenvalue weighted by Gasteiger charge is -2.06. The van der Waals surface area contributed by atoms with E-state index in [1.165, 1.54) is 11.8 Å². The smallest absolute Gasteiger partial charge is 0.185 e. The standard InChI is InChI=1S/C19H28O2SSi/c1-17(20)22-15-8-6-5-7-14-21-19-11-9-18(10-12-19)13-16-23(2,3)4/h9-12H,5-8,14-15H2,1-4H3. The van der Waals surface area contributed by atoms with Crippen LogP contribution in [0.1, 0.15) is 38.2 Å². The van der Waals surface area contributed by atoms with E-state index in [1.54, 1.807) is 6.92 Å². The second kappa shape index (κ2) is 10.6. The number of carbonyl (C=O) groups is 1. The van der Waals surface area contributed by atoms with Crippen molar-refractivity contribution in [1.82, 2.24) is 0 Å². The fourth-order valence-corrected chi connectivity index (χ4v) is 3.01. The normalized spacial score (nSPS) is 10.8. The number of benzene rings is 1. The maximum Gasteiger partial charge on any atom is 0.185 e. The van der Waals surface area contributed by atoms with Gasteiger partial charge >= 0.3 is 0 Å². The van der Waals surface area contributed by atoms with E-state index in [9.17, 15) is 4.79 Å². The first-order chi connectivity index (χ1) is 10.9. The molecule has 0 N–H and O–H groups in total. The summed E-state index contributed by atoms with van der Waals surface area (Å²) < 4.78 is 5.75. The topological polar surface area (TPSA) is 26.3 Å². The van der Waals surface area contributed by atoms with E-state index in [2.05, 4.69) is 31.1 Å². The van der Waals surface area contributed by atoms with Crippen LogP contribution in [-0.4, -0.2) is 25.5 Å². The van der Waals surface area contributed by atoms with Crippen LogP contribution in [0.2, 0.25) is 19.6 Å². The van der Waals surface area contributed by atoms with Gasteiger partial charge in [-0.25, -0.2) is 0 Å². The third-order valence-electron chi connectivity index (χ3n) is 3.05. The van der Waals surface area contributed by atoms with Crippen molar-refractivity contribution < 1.29 is 9.53 Å². The second-order valence-electron chi connectivity index (χ2n) is 6.63. The van der Waals surface area contributed by atoms with Gasteiger partial charge in [0.15, 0.2) is 5.12 Å². The molecule has 126 valence electrons. The highest BCUT2D eigenvalue weighted by molar-refractivity contribution is 8.13. The van der Waals surface area contributed by atoms with E-state index in [-0.39, 0.29) is 5.12 Å².